The van der Waals surface area contributed by atoms with Gasteiger partial charge >= 0.3 is 11.7 Å². The summed E-state index contributed by atoms with van der Waals surface area (Å²) < 4.78 is 11.6. The largest absolute Gasteiger partial charge is 0.494 e. The fraction of sp³-hybridized carbons (Fsp3) is 0.0800. The van der Waals surface area contributed by atoms with Gasteiger partial charge in [0.25, 0.3) is 17.5 Å². The van der Waals surface area contributed by atoms with Crippen molar-refractivity contribution in [2.45, 2.75) is 6.92 Å². The Morgan fingerprint density at radius 3 is 2.28 bits per heavy atom. The zero-order chi connectivity index (χ0) is 28.3. The third-order valence-corrected chi connectivity index (χ3v) is 5.84. The van der Waals surface area contributed by atoms with Crippen molar-refractivity contribution in [3.63, 3.8) is 0 Å². The minimum atomic E-state index is -0.959. The molecule has 0 saturated carbocycles. The lowest BCUT2D eigenvalue weighted by Crippen LogP contribution is -2.54. The van der Waals surface area contributed by atoms with Crippen molar-refractivity contribution in [1.82, 2.24) is 5.32 Å². The molecule has 1 aliphatic heterocycles. The number of rotatable bonds is 8. The standard InChI is InChI=1S/C25H17BrN4O9/c1-2-38-18-7-4-16(5-8-18)28-24(32)19(23(31)27-25(28)33)12-14-11-15(26)3-9-21(14)39-22-10-6-17(29(34)35)13-20(22)30(36)37/h3-13H,2H2,1H3,(H,27,31,33)/b19-12+. The number of ether oxygens (including phenoxy) is 2. The number of hydrogen-bond donors (Lipinski definition) is 1. The monoisotopic (exact) mass is 596 g/mol. The zero-order valence-corrected chi connectivity index (χ0v) is 21.5. The molecule has 13 nitrogen and oxygen atoms in total. The Balaban J connectivity index is 1.73. The van der Waals surface area contributed by atoms with Gasteiger partial charge in [-0.25, -0.2) is 9.69 Å². The summed E-state index contributed by atoms with van der Waals surface area (Å²) in [6, 6.07) is 12.5. The number of anilines is 1. The minimum Gasteiger partial charge on any atom is -0.494 e. The minimum absolute atomic E-state index is 0.00669. The van der Waals surface area contributed by atoms with Crippen LogP contribution in [0.15, 0.2) is 70.7 Å². The molecule has 0 aliphatic carbocycles. The number of nitro groups is 2. The van der Waals surface area contributed by atoms with Crippen LogP contribution in [0.25, 0.3) is 6.08 Å². The first-order valence-electron chi connectivity index (χ1n) is 11.1. The van der Waals surface area contributed by atoms with Gasteiger partial charge in [0.1, 0.15) is 17.1 Å². The van der Waals surface area contributed by atoms with Gasteiger partial charge in [-0.15, -0.1) is 0 Å². The maximum atomic E-state index is 13.3. The van der Waals surface area contributed by atoms with E-state index in [9.17, 15) is 34.6 Å². The number of carbonyl (C=O) groups is 3. The van der Waals surface area contributed by atoms with Gasteiger partial charge in [0.15, 0.2) is 0 Å². The molecule has 1 aliphatic rings. The van der Waals surface area contributed by atoms with Crippen LogP contribution < -0.4 is 19.7 Å². The molecule has 4 rings (SSSR count). The third-order valence-electron chi connectivity index (χ3n) is 5.35. The molecule has 0 spiro atoms. The van der Waals surface area contributed by atoms with Crippen LogP contribution in [0, 0.1) is 20.2 Å². The Hall–Kier alpha value is -5.11. The lowest BCUT2D eigenvalue weighted by Gasteiger charge is -2.26. The van der Waals surface area contributed by atoms with Crippen molar-refractivity contribution < 1.29 is 33.7 Å². The number of barbiturate groups is 1. The molecule has 0 bridgehead atoms. The summed E-state index contributed by atoms with van der Waals surface area (Å²) in [6.45, 7) is 2.22. The predicted octanol–water partition coefficient (Wildman–Crippen LogP) is 5.12. The van der Waals surface area contributed by atoms with Crippen molar-refractivity contribution in [2.75, 3.05) is 11.5 Å². The van der Waals surface area contributed by atoms with Crippen LogP contribution in [0.4, 0.5) is 21.9 Å². The van der Waals surface area contributed by atoms with Crippen molar-refractivity contribution in [3.05, 3.63) is 96.5 Å². The maximum Gasteiger partial charge on any atom is 0.335 e. The van der Waals surface area contributed by atoms with Gasteiger partial charge in [0.05, 0.1) is 28.2 Å². The Morgan fingerprint density at radius 1 is 0.949 bits per heavy atom. The van der Waals surface area contributed by atoms with E-state index in [0.29, 0.717) is 16.8 Å². The van der Waals surface area contributed by atoms with Crippen molar-refractivity contribution in [2.24, 2.45) is 0 Å². The van der Waals surface area contributed by atoms with Crippen LogP contribution in [0.2, 0.25) is 0 Å². The van der Waals surface area contributed by atoms with Crippen LogP contribution in [0.5, 0.6) is 17.2 Å². The number of non-ortho nitro benzene ring substituents is 1. The molecular formula is C25H17BrN4O9. The molecule has 4 amide bonds. The molecule has 1 N–H and O–H groups in total. The molecule has 39 heavy (non-hydrogen) atoms. The second kappa shape index (κ2) is 11.1. The first-order chi connectivity index (χ1) is 18.6. The number of halogens is 1. The quantitative estimate of drug-likeness (QED) is 0.160. The molecule has 198 valence electrons. The number of nitrogens with zero attached hydrogens (tertiary/aromatic N) is 3. The highest BCUT2D eigenvalue weighted by atomic mass is 79.9. The molecule has 14 heteroatoms. The molecular weight excluding hydrogens is 580 g/mol. The summed E-state index contributed by atoms with van der Waals surface area (Å²) >= 11 is 3.29. The molecule has 3 aromatic carbocycles. The van der Waals surface area contributed by atoms with Gasteiger partial charge < -0.3 is 9.47 Å². The Kier molecular flexibility index (Phi) is 7.67. The van der Waals surface area contributed by atoms with Crippen molar-refractivity contribution in [1.29, 1.82) is 0 Å². The van der Waals surface area contributed by atoms with Crippen molar-refractivity contribution in [3.8, 4) is 17.2 Å². The number of hydrogen-bond acceptors (Lipinski definition) is 9. The molecule has 3 aromatic rings. The fourth-order valence-electron chi connectivity index (χ4n) is 3.60. The van der Waals surface area contributed by atoms with E-state index >= 15 is 0 Å². The van der Waals surface area contributed by atoms with Gasteiger partial charge in [-0.2, -0.15) is 0 Å². The second-order valence-corrected chi connectivity index (χ2v) is 8.75. The molecule has 0 unspecified atom stereocenters. The normalized spacial score (nSPS) is 14.3. The van der Waals surface area contributed by atoms with Crippen LogP contribution in [-0.2, 0) is 9.59 Å². The number of nitro benzene ring substituents is 2. The number of amides is 4. The third kappa shape index (κ3) is 5.75. The van der Waals surface area contributed by atoms with Crippen LogP contribution in [-0.4, -0.2) is 34.3 Å². The Bertz CT molecular complexity index is 1550. The maximum absolute atomic E-state index is 13.3. The lowest BCUT2D eigenvalue weighted by atomic mass is 10.1. The van der Waals surface area contributed by atoms with Crippen LogP contribution in [0.1, 0.15) is 12.5 Å². The van der Waals surface area contributed by atoms with E-state index < -0.39 is 44.6 Å². The SMILES string of the molecule is CCOc1ccc(N2C(=O)NC(=O)/C(=C\c3cc(Br)ccc3Oc3ccc([N+](=O)[O-])cc3[N+](=O)[O-])C2=O)cc1. The summed E-state index contributed by atoms with van der Waals surface area (Å²) in [5, 5.41) is 24.7. The van der Waals surface area contributed by atoms with E-state index in [1.807, 2.05) is 0 Å². The summed E-state index contributed by atoms with van der Waals surface area (Å²) in [7, 11) is 0. The van der Waals surface area contributed by atoms with E-state index in [-0.39, 0.29) is 22.7 Å². The van der Waals surface area contributed by atoms with Gasteiger partial charge in [-0.1, -0.05) is 15.9 Å². The first-order valence-corrected chi connectivity index (χ1v) is 11.9. The predicted molar refractivity (Wildman–Crippen MR) is 141 cm³/mol. The van der Waals surface area contributed by atoms with Crippen LogP contribution in [0.3, 0.4) is 0 Å². The van der Waals surface area contributed by atoms with E-state index in [1.54, 1.807) is 25.1 Å². The summed E-state index contributed by atoms with van der Waals surface area (Å²) in [5.41, 5.74) is -1.24. The number of benzene rings is 3. The number of carbonyl (C=O) groups excluding carboxylic acids is 3. The smallest absolute Gasteiger partial charge is 0.335 e. The molecule has 1 fully saturated rings. The van der Waals surface area contributed by atoms with E-state index in [2.05, 4.69) is 21.2 Å². The van der Waals surface area contributed by atoms with Crippen LogP contribution >= 0.6 is 15.9 Å². The highest BCUT2D eigenvalue weighted by Gasteiger charge is 2.37. The average Bonchev–Trinajstić information content (AvgIpc) is 2.89. The lowest BCUT2D eigenvalue weighted by molar-refractivity contribution is -0.394. The van der Waals surface area contributed by atoms with E-state index in [1.165, 1.54) is 30.3 Å². The number of urea groups is 1. The average molecular weight is 597 g/mol. The summed E-state index contributed by atoms with van der Waals surface area (Å²) in [6.07, 6.45) is 1.17. The Morgan fingerprint density at radius 2 is 1.64 bits per heavy atom. The first kappa shape index (κ1) is 26.9. The van der Waals surface area contributed by atoms with Gasteiger partial charge in [0, 0.05) is 16.1 Å². The number of imide groups is 2. The second-order valence-electron chi connectivity index (χ2n) is 7.84. The van der Waals surface area contributed by atoms with Gasteiger partial charge in [-0.05, 0) is 61.5 Å². The fourth-order valence-corrected chi connectivity index (χ4v) is 3.98. The topological polar surface area (TPSA) is 171 Å². The highest BCUT2D eigenvalue weighted by Crippen LogP contribution is 2.37. The molecule has 0 radical (unpaired) electrons. The van der Waals surface area contributed by atoms with E-state index in [4.69, 9.17) is 9.47 Å². The summed E-state index contributed by atoms with van der Waals surface area (Å²) in [5.74, 6) is -1.67. The van der Waals surface area contributed by atoms with Gasteiger partial charge in [0.2, 0.25) is 5.75 Å². The number of nitrogens with one attached hydrogen (secondary N) is 1. The van der Waals surface area contributed by atoms with Gasteiger partial charge in [-0.3, -0.25) is 35.1 Å². The molecule has 0 atom stereocenters. The summed E-state index contributed by atoms with van der Waals surface area (Å²) in [4.78, 5) is 60.2. The van der Waals surface area contributed by atoms with E-state index in [0.717, 1.165) is 23.1 Å². The zero-order valence-electron chi connectivity index (χ0n) is 20.0. The highest BCUT2D eigenvalue weighted by molar-refractivity contribution is 9.10. The molecule has 1 saturated heterocycles. The Labute approximate surface area is 228 Å². The molecule has 0 aromatic heterocycles. The van der Waals surface area contributed by atoms with Crippen molar-refractivity contribution >= 4 is 56.9 Å². The molecule has 1 heterocycles.